The van der Waals surface area contributed by atoms with Gasteiger partial charge in [-0.25, -0.2) is 0 Å². The number of carboxylic acids is 1. The van der Waals surface area contributed by atoms with Crippen LogP contribution in [0.1, 0.15) is 39.2 Å². The molecular formula is C22H29N5O6. The van der Waals surface area contributed by atoms with Crippen LogP contribution in [-0.2, 0) is 30.4 Å². The van der Waals surface area contributed by atoms with Gasteiger partial charge in [0.15, 0.2) is 0 Å². The zero-order valence-electron chi connectivity index (χ0n) is 18.8. The summed E-state index contributed by atoms with van der Waals surface area (Å²) in [6.07, 6.45) is -0.0828. The highest BCUT2D eigenvalue weighted by Crippen LogP contribution is 2.13. The number of carbonyl (C=O) groups is 5. The first-order chi connectivity index (χ1) is 15.5. The highest BCUT2D eigenvalue weighted by molar-refractivity contribution is 6.28. The average Bonchev–Trinajstić information content (AvgIpc) is 2.77. The van der Waals surface area contributed by atoms with Crippen molar-refractivity contribution in [1.82, 2.24) is 10.2 Å². The number of nitrogens with two attached hydrogens (primary N) is 1. The quantitative estimate of drug-likeness (QED) is 0.226. The molecule has 11 heteroatoms. The highest BCUT2D eigenvalue weighted by Gasteiger charge is 2.36. The first kappa shape index (κ1) is 27.3. The van der Waals surface area contributed by atoms with Gasteiger partial charge >= 0.3 is 12.2 Å². The van der Waals surface area contributed by atoms with Gasteiger partial charge in [0.05, 0.1) is 12.5 Å². The molecular weight excluding hydrogens is 430 g/mol. The van der Waals surface area contributed by atoms with E-state index in [4.69, 9.17) is 16.4 Å². The normalized spacial score (nSPS) is 13.2. The van der Waals surface area contributed by atoms with Crippen molar-refractivity contribution in [2.24, 2.45) is 11.7 Å². The van der Waals surface area contributed by atoms with Crippen LogP contribution in [0.4, 0.5) is 0 Å². The molecule has 11 nitrogen and oxygen atoms in total. The number of hydrogen-bond acceptors (Lipinski definition) is 6. The van der Waals surface area contributed by atoms with Crippen LogP contribution in [0.15, 0.2) is 30.3 Å². The summed E-state index contributed by atoms with van der Waals surface area (Å²) < 4.78 is 0. The molecule has 0 spiro atoms. The summed E-state index contributed by atoms with van der Waals surface area (Å²) in [5.74, 6) is -5.00. The zero-order valence-corrected chi connectivity index (χ0v) is 18.8. The van der Waals surface area contributed by atoms with Gasteiger partial charge in [0.1, 0.15) is 12.1 Å². The topological polar surface area (TPSA) is 183 Å². The van der Waals surface area contributed by atoms with E-state index in [2.05, 4.69) is 10.1 Å². The third-order valence-electron chi connectivity index (χ3n) is 4.97. The first-order valence-electron chi connectivity index (χ1n) is 10.4. The van der Waals surface area contributed by atoms with Crippen LogP contribution < -0.4 is 11.1 Å². The number of hydrogen-bond donors (Lipinski definition) is 3. The van der Waals surface area contributed by atoms with Crippen molar-refractivity contribution >= 4 is 35.7 Å². The van der Waals surface area contributed by atoms with E-state index in [0.29, 0.717) is 12.6 Å². The summed E-state index contributed by atoms with van der Waals surface area (Å²) in [7, 11) is 0. The number of imide groups is 1. The van der Waals surface area contributed by atoms with Crippen LogP contribution in [0, 0.1) is 5.92 Å². The minimum Gasteiger partial charge on any atom is -0.481 e. The maximum atomic E-state index is 13.0. The SMILES string of the molecule is CC(C)[C@H](N)C(=O)N(C(=O)CCc1ccccc1)[C@@H](C)C(=O)NC(CC(=O)O)C(=O)C=[N+]=[N-]. The van der Waals surface area contributed by atoms with Crippen LogP contribution in [-0.4, -0.2) is 68.6 Å². The number of carboxylic acid groups (broad SMARTS) is 1. The number of rotatable bonds is 12. The Morgan fingerprint density at radius 1 is 1.15 bits per heavy atom. The molecule has 0 aromatic heterocycles. The fraction of sp³-hybridized carbons (Fsp3) is 0.455. The summed E-state index contributed by atoms with van der Waals surface area (Å²) in [4.78, 5) is 65.1. The van der Waals surface area contributed by atoms with Crippen molar-refractivity contribution in [1.29, 1.82) is 0 Å². The fourth-order valence-corrected chi connectivity index (χ4v) is 2.95. The number of amides is 3. The maximum absolute atomic E-state index is 13.0. The van der Waals surface area contributed by atoms with Gasteiger partial charge in [0, 0.05) is 6.42 Å². The van der Waals surface area contributed by atoms with Gasteiger partial charge in [-0.1, -0.05) is 44.2 Å². The summed E-state index contributed by atoms with van der Waals surface area (Å²) in [5.41, 5.74) is 15.3. The Labute approximate surface area is 191 Å². The Bertz CT molecular complexity index is 926. The molecule has 33 heavy (non-hydrogen) atoms. The molecule has 0 aliphatic rings. The molecule has 0 saturated carbocycles. The number of aliphatic carboxylic acids is 1. The molecule has 1 aromatic rings. The van der Waals surface area contributed by atoms with Gasteiger partial charge in [-0.3, -0.25) is 28.9 Å². The lowest BCUT2D eigenvalue weighted by molar-refractivity contribution is -0.153. The Balaban J connectivity index is 3.13. The van der Waals surface area contributed by atoms with Crippen LogP contribution >= 0.6 is 0 Å². The van der Waals surface area contributed by atoms with Gasteiger partial charge in [0.2, 0.25) is 17.7 Å². The van der Waals surface area contributed by atoms with Gasteiger partial charge in [0.25, 0.3) is 5.78 Å². The van der Waals surface area contributed by atoms with E-state index in [-0.39, 0.29) is 12.3 Å². The van der Waals surface area contributed by atoms with E-state index in [1.54, 1.807) is 13.8 Å². The van der Waals surface area contributed by atoms with Gasteiger partial charge in [-0.2, -0.15) is 4.79 Å². The molecule has 0 saturated heterocycles. The van der Waals surface area contributed by atoms with Gasteiger partial charge in [-0.15, -0.1) is 0 Å². The van der Waals surface area contributed by atoms with Crippen LogP contribution in [0.2, 0.25) is 0 Å². The minimum absolute atomic E-state index is 0.0765. The van der Waals surface area contributed by atoms with Crippen molar-refractivity contribution in [2.45, 2.75) is 58.2 Å². The van der Waals surface area contributed by atoms with Crippen molar-refractivity contribution in [3.63, 3.8) is 0 Å². The standard InChI is InChI=1S/C22H29N5O6/c1-13(2)20(23)22(33)27(18(29)10-9-15-7-5-4-6-8-15)14(3)21(32)26-16(11-19(30)31)17(28)12-25-24/h4-8,12-14,16,20H,9-11,23H2,1-3H3,(H,26,32)(H,30,31)/t14-,16?,20-/m0/s1. The van der Waals surface area contributed by atoms with E-state index in [0.717, 1.165) is 10.5 Å². The Kier molecular flexibility index (Phi) is 10.8. The lowest BCUT2D eigenvalue weighted by atomic mass is 10.0. The van der Waals surface area contributed by atoms with Crippen LogP contribution in [0.3, 0.4) is 0 Å². The summed E-state index contributed by atoms with van der Waals surface area (Å²) >= 11 is 0. The van der Waals surface area contributed by atoms with Crippen LogP contribution in [0.25, 0.3) is 5.53 Å². The Morgan fingerprint density at radius 2 is 1.76 bits per heavy atom. The third kappa shape index (κ3) is 8.40. The largest absolute Gasteiger partial charge is 0.481 e. The molecule has 3 amide bonds. The molecule has 4 N–H and O–H groups in total. The van der Waals surface area contributed by atoms with E-state index in [1.165, 1.54) is 6.92 Å². The zero-order chi connectivity index (χ0) is 25.1. The second-order valence-corrected chi connectivity index (χ2v) is 7.84. The predicted octanol–water partition coefficient (Wildman–Crippen LogP) is 0.175. The maximum Gasteiger partial charge on any atom is 0.325 e. The molecule has 1 rings (SSSR count). The van der Waals surface area contributed by atoms with Crippen LogP contribution in [0.5, 0.6) is 0 Å². The number of aryl methyl sites for hydroxylation is 1. The molecule has 0 fully saturated rings. The fourth-order valence-electron chi connectivity index (χ4n) is 2.95. The number of Topliss-reactive ketones (excluding diaryl/α,β-unsaturated/α-hetero) is 1. The number of ketones is 1. The third-order valence-corrected chi connectivity index (χ3v) is 4.97. The number of benzene rings is 1. The Hall–Kier alpha value is -3.69. The van der Waals surface area contributed by atoms with E-state index < -0.39 is 54.0 Å². The first-order valence-corrected chi connectivity index (χ1v) is 10.4. The summed E-state index contributed by atoms with van der Waals surface area (Å²) in [6, 6.07) is 5.10. The predicted molar refractivity (Wildman–Crippen MR) is 118 cm³/mol. The molecule has 0 radical (unpaired) electrons. The highest BCUT2D eigenvalue weighted by atomic mass is 16.4. The molecule has 0 aliphatic heterocycles. The molecule has 1 aromatic carbocycles. The molecule has 1 unspecified atom stereocenters. The number of nitrogens with zero attached hydrogens (tertiary/aromatic N) is 3. The Morgan fingerprint density at radius 3 is 2.27 bits per heavy atom. The molecule has 178 valence electrons. The second kappa shape index (κ2) is 13.0. The smallest absolute Gasteiger partial charge is 0.325 e. The van der Waals surface area contributed by atoms with Crippen molar-refractivity contribution < 1.29 is 33.9 Å². The van der Waals surface area contributed by atoms with E-state index in [1.807, 2.05) is 30.3 Å². The van der Waals surface area contributed by atoms with Crippen molar-refractivity contribution in [3.8, 4) is 0 Å². The minimum atomic E-state index is -1.55. The summed E-state index contributed by atoms with van der Waals surface area (Å²) in [5, 5.41) is 11.2. The molecule has 0 bridgehead atoms. The lowest BCUT2D eigenvalue weighted by Gasteiger charge is -2.30. The second-order valence-electron chi connectivity index (χ2n) is 7.84. The van der Waals surface area contributed by atoms with Crippen molar-refractivity contribution in [3.05, 3.63) is 41.4 Å². The van der Waals surface area contributed by atoms with Gasteiger partial charge in [-0.05, 0) is 24.8 Å². The average molecular weight is 460 g/mol. The van der Waals surface area contributed by atoms with Gasteiger partial charge < -0.3 is 21.7 Å². The monoisotopic (exact) mass is 459 g/mol. The molecule has 3 atom stereocenters. The molecule has 0 aliphatic carbocycles. The molecule has 0 heterocycles. The lowest BCUT2D eigenvalue weighted by Crippen LogP contribution is -2.58. The summed E-state index contributed by atoms with van der Waals surface area (Å²) in [6.45, 7) is 4.66. The van der Waals surface area contributed by atoms with Crippen molar-refractivity contribution in [2.75, 3.05) is 0 Å². The number of nitrogens with one attached hydrogen (secondary N) is 1. The van der Waals surface area contributed by atoms with E-state index >= 15 is 0 Å². The van der Waals surface area contributed by atoms with E-state index in [9.17, 15) is 24.0 Å². The number of carbonyl (C=O) groups excluding carboxylic acids is 4.